The Labute approximate surface area is 76.7 Å². The minimum Gasteiger partial charge on any atom is -0.330 e. The number of hydrogen-bond donors (Lipinski definition) is 1. The van der Waals surface area contributed by atoms with Crippen LogP contribution in [0.3, 0.4) is 0 Å². The van der Waals surface area contributed by atoms with E-state index in [0.29, 0.717) is 5.56 Å². The van der Waals surface area contributed by atoms with E-state index in [1.54, 1.807) is 24.1 Å². The standard InChI is InChI=1S/C9H10N2S/c1-2-12-11-9-5-3-8(7-10)4-6-9/h3-6,11H,2H2,1H3. The molecular formula is C9H10N2S. The van der Waals surface area contributed by atoms with E-state index < -0.39 is 0 Å². The van der Waals surface area contributed by atoms with Crippen LogP contribution < -0.4 is 4.72 Å². The average molecular weight is 178 g/mol. The molecule has 12 heavy (non-hydrogen) atoms. The van der Waals surface area contributed by atoms with Crippen LogP contribution in [-0.2, 0) is 0 Å². The lowest BCUT2D eigenvalue weighted by Crippen LogP contribution is -1.86. The van der Waals surface area contributed by atoms with Crippen molar-refractivity contribution in [2.75, 3.05) is 10.5 Å². The summed E-state index contributed by atoms with van der Waals surface area (Å²) < 4.78 is 3.15. The van der Waals surface area contributed by atoms with Crippen LogP contribution in [0.5, 0.6) is 0 Å². The molecule has 0 radical (unpaired) electrons. The van der Waals surface area contributed by atoms with Gasteiger partial charge < -0.3 is 4.72 Å². The van der Waals surface area contributed by atoms with Gasteiger partial charge in [0.1, 0.15) is 0 Å². The Morgan fingerprint density at radius 2 is 2.08 bits per heavy atom. The summed E-state index contributed by atoms with van der Waals surface area (Å²) in [6, 6.07) is 9.49. The molecule has 0 spiro atoms. The molecule has 0 saturated carbocycles. The van der Waals surface area contributed by atoms with Gasteiger partial charge in [0.25, 0.3) is 0 Å². The first-order valence-corrected chi connectivity index (χ1v) is 4.73. The lowest BCUT2D eigenvalue weighted by atomic mass is 10.2. The Hall–Kier alpha value is -1.14. The van der Waals surface area contributed by atoms with Crippen LogP contribution in [0.1, 0.15) is 12.5 Å². The molecule has 0 saturated heterocycles. The molecule has 0 amide bonds. The fourth-order valence-corrected chi connectivity index (χ4v) is 1.22. The van der Waals surface area contributed by atoms with Gasteiger partial charge in [-0.1, -0.05) is 18.9 Å². The van der Waals surface area contributed by atoms with Crippen LogP contribution in [0, 0.1) is 11.3 Å². The van der Waals surface area contributed by atoms with Crippen molar-refractivity contribution in [1.29, 1.82) is 5.26 Å². The van der Waals surface area contributed by atoms with Gasteiger partial charge in [-0.2, -0.15) is 5.26 Å². The van der Waals surface area contributed by atoms with Crippen molar-refractivity contribution in [3.63, 3.8) is 0 Å². The average Bonchev–Trinajstić information content (AvgIpc) is 2.15. The van der Waals surface area contributed by atoms with Gasteiger partial charge in [-0.05, 0) is 24.3 Å². The van der Waals surface area contributed by atoms with Gasteiger partial charge in [0.2, 0.25) is 0 Å². The van der Waals surface area contributed by atoms with Gasteiger partial charge in [-0.15, -0.1) is 0 Å². The zero-order valence-electron chi connectivity index (χ0n) is 6.87. The highest BCUT2D eigenvalue weighted by Crippen LogP contribution is 2.12. The van der Waals surface area contributed by atoms with Gasteiger partial charge in [-0.3, -0.25) is 0 Å². The summed E-state index contributed by atoms with van der Waals surface area (Å²) in [7, 11) is 0. The predicted octanol–water partition coefficient (Wildman–Crippen LogP) is 2.64. The fraction of sp³-hybridized carbons (Fsp3) is 0.222. The minimum absolute atomic E-state index is 0.696. The van der Waals surface area contributed by atoms with E-state index in [9.17, 15) is 0 Å². The van der Waals surface area contributed by atoms with Crippen molar-refractivity contribution < 1.29 is 0 Å². The molecule has 0 aromatic heterocycles. The normalized spacial score (nSPS) is 9.00. The first kappa shape index (κ1) is 8.95. The molecule has 0 aliphatic heterocycles. The molecule has 0 aliphatic rings. The Morgan fingerprint density at radius 3 is 2.58 bits per heavy atom. The number of nitrogens with zero attached hydrogens (tertiary/aromatic N) is 1. The molecule has 0 heterocycles. The molecular weight excluding hydrogens is 168 g/mol. The van der Waals surface area contributed by atoms with Crippen molar-refractivity contribution in [3.8, 4) is 6.07 Å². The molecule has 1 aromatic carbocycles. The van der Waals surface area contributed by atoms with Crippen LogP contribution in [0.25, 0.3) is 0 Å². The summed E-state index contributed by atoms with van der Waals surface area (Å²) in [4.78, 5) is 0. The van der Waals surface area contributed by atoms with Gasteiger partial charge >= 0.3 is 0 Å². The molecule has 3 heteroatoms. The van der Waals surface area contributed by atoms with Gasteiger partial charge in [0, 0.05) is 11.4 Å². The number of rotatable bonds is 3. The van der Waals surface area contributed by atoms with Crippen molar-refractivity contribution in [1.82, 2.24) is 0 Å². The Bertz CT molecular complexity index is 274. The molecule has 0 atom stereocenters. The van der Waals surface area contributed by atoms with E-state index in [-0.39, 0.29) is 0 Å². The number of benzene rings is 1. The summed E-state index contributed by atoms with van der Waals surface area (Å²) in [5, 5.41) is 8.53. The molecule has 1 aromatic rings. The van der Waals surface area contributed by atoms with E-state index in [1.807, 2.05) is 12.1 Å². The quantitative estimate of drug-likeness (QED) is 0.723. The molecule has 62 valence electrons. The third-order valence-electron chi connectivity index (χ3n) is 1.35. The molecule has 0 bridgehead atoms. The number of nitriles is 1. The van der Waals surface area contributed by atoms with Crippen molar-refractivity contribution >= 4 is 17.6 Å². The molecule has 0 fully saturated rings. The van der Waals surface area contributed by atoms with Gasteiger partial charge in [0.15, 0.2) is 0 Å². The lowest BCUT2D eigenvalue weighted by Gasteiger charge is -2.01. The maximum absolute atomic E-state index is 8.53. The zero-order chi connectivity index (χ0) is 8.81. The van der Waals surface area contributed by atoms with Crippen molar-refractivity contribution in [2.24, 2.45) is 0 Å². The smallest absolute Gasteiger partial charge is 0.0991 e. The van der Waals surface area contributed by atoms with Crippen LogP contribution in [0.2, 0.25) is 0 Å². The summed E-state index contributed by atoms with van der Waals surface area (Å²) in [6.45, 7) is 2.08. The topological polar surface area (TPSA) is 35.8 Å². The van der Waals surface area contributed by atoms with Crippen LogP contribution >= 0.6 is 11.9 Å². The highest BCUT2D eigenvalue weighted by atomic mass is 32.2. The minimum atomic E-state index is 0.696. The zero-order valence-corrected chi connectivity index (χ0v) is 7.69. The second-order valence-electron chi connectivity index (χ2n) is 2.22. The van der Waals surface area contributed by atoms with Crippen LogP contribution in [0.15, 0.2) is 24.3 Å². The third-order valence-corrected chi connectivity index (χ3v) is 2.02. The summed E-state index contributed by atoms with van der Waals surface area (Å²) in [6.07, 6.45) is 0. The van der Waals surface area contributed by atoms with Crippen molar-refractivity contribution in [2.45, 2.75) is 6.92 Å². The van der Waals surface area contributed by atoms with Gasteiger partial charge in [-0.25, -0.2) is 0 Å². The molecule has 2 nitrogen and oxygen atoms in total. The predicted molar refractivity (Wildman–Crippen MR) is 52.9 cm³/mol. The van der Waals surface area contributed by atoms with E-state index in [4.69, 9.17) is 5.26 Å². The van der Waals surface area contributed by atoms with Crippen LogP contribution in [0.4, 0.5) is 5.69 Å². The first-order chi connectivity index (χ1) is 5.86. The summed E-state index contributed by atoms with van der Waals surface area (Å²) >= 11 is 1.64. The van der Waals surface area contributed by atoms with E-state index >= 15 is 0 Å². The van der Waals surface area contributed by atoms with E-state index in [1.165, 1.54) is 0 Å². The lowest BCUT2D eigenvalue weighted by molar-refractivity contribution is 1.48. The molecule has 1 rings (SSSR count). The highest BCUT2D eigenvalue weighted by molar-refractivity contribution is 8.00. The summed E-state index contributed by atoms with van der Waals surface area (Å²) in [5.74, 6) is 1.03. The highest BCUT2D eigenvalue weighted by Gasteiger charge is 1.91. The second kappa shape index (κ2) is 4.68. The Balaban J connectivity index is 2.60. The van der Waals surface area contributed by atoms with Crippen molar-refractivity contribution in [3.05, 3.63) is 29.8 Å². The van der Waals surface area contributed by atoms with Crippen LogP contribution in [-0.4, -0.2) is 5.75 Å². The molecule has 1 N–H and O–H groups in total. The number of hydrogen-bond acceptors (Lipinski definition) is 3. The Kier molecular flexibility index (Phi) is 3.49. The summed E-state index contributed by atoms with van der Waals surface area (Å²) in [5.41, 5.74) is 1.74. The molecule has 0 aliphatic carbocycles. The third kappa shape index (κ3) is 2.48. The van der Waals surface area contributed by atoms with E-state index in [2.05, 4.69) is 17.7 Å². The largest absolute Gasteiger partial charge is 0.330 e. The van der Waals surface area contributed by atoms with E-state index in [0.717, 1.165) is 11.4 Å². The number of nitrogens with one attached hydrogen (secondary N) is 1. The maximum atomic E-state index is 8.53. The fourth-order valence-electron chi connectivity index (χ4n) is 0.768. The Morgan fingerprint density at radius 1 is 1.42 bits per heavy atom. The number of anilines is 1. The second-order valence-corrected chi connectivity index (χ2v) is 3.29. The molecule has 0 unspecified atom stereocenters. The maximum Gasteiger partial charge on any atom is 0.0991 e. The first-order valence-electron chi connectivity index (χ1n) is 3.74. The van der Waals surface area contributed by atoms with Gasteiger partial charge in [0.05, 0.1) is 11.6 Å². The monoisotopic (exact) mass is 178 g/mol. The SMILES string of the molecule is CCSNc1ccc(C#N)cc1.